The number of ether oxygens (including phenoxy) is 1. The highest BCUT2D eigenvalue weighted by atomic mass is 16.5. The average molecular weight is 220 g/mol. The lowest BCUT2D eigenvalue weighted by Crippen LogP contribution is -2.06. The maximum absolute atomic E-state index is 5.24. The monoisotopic (exact) mass is 220 g/mol. The zero-order valence-electron chi connectivity index (χ0n) is 9.39. The Labute approximate surface area is 94.4 Å². The zero-order chi connectivity index (χ0) is 11.2. The van der Waals surface area contributed by atoms with Gasteiger partial charge in [-0.1, -0.05) is 6.07 Å². The fourth-order valence-corrected chi connectivity index (χ4v) is 1.43. The van der Waals surface area contributed by atoms with Crippen molar-refractivity contribution in [2.24, 2.45) is 0 Å². The summed E-state index contributed by atoms with van der Waals surface area (Å²) in [6.07, 6.45) is 2.84. The van der Waals surface area contributed by atoms with E-state index in [-0.39, 0.29) is 0 Å². The van der Waals surface area contributed by atoms with Gasteiger partial charge in [0.05, 0.1) is 0 Å². The third-order valence-corrected chi connectivity index (χ3v) is 2.19. The molecule has 0 aliphatic rings. The van der Waals surface area contributed by atoms with E-state index in [1.54, 1.807) is 4.52 Å². The Balaban J connectivity index is 1.85. The number of nitrogens with zero attached hydrogens (tertiary/aromatic N) is 3. The van der Waals surface area contributed by atoms with Gasteiger partial charge in [0, 0.05) is 26.0 Å². The van der Waals surface area contributed by atoms with Crippen LogP contribution in [0.1, 0.15) is 13.3 Å². The van der Waals surface area contributed by atoms with Gasteiger partial charge in [-0.2, -0.15) is 4.98 Å². The summed E-state index contributed by atoms with van der Waals surface area (Å²) in [7, 11) is 0. The van der Waals surface area contributed by atoms with Crippen LogP contribution in [0.3, 0.4) is 0 Å². The number of pyridine rings is 1. The third kappa shape index (κ3) is 2.70. The fourth-order valence-electron chi connectivity index (χ4n) is 1.43. The predicted octanol–water partition coefficient (Wildman–Crippen LogP) is 1.57. The second kappa shape index (κ2) is 5.46. The molecule has 1 N–H and O–H groups in total. The molecule has 0 saturated heterocycles. The van der Waals surface area contributed by atoms with E-state index in [0.717, 1.165) is 31.8 Å². The Kier molecular flexibility index (Phi) is 3.71. The van der Waals surface area contributed by atoms with Gasteiger partial charge in [-0.15, -0.1) is 5.10 Å². The maximum Gasteiger partial charge on any atom is 0.243 e. The second-order valence-electron chi connectivity index (χ2n) is 3.42. The number of fused-ring (bicyclic) bond motifs is 1. The minimum Gasteiger partial charge on any atom is -0.382 e. The van der Waals surface area contributed by atoms with Gasteiger partial charge in [0.25, 0.3) is 0 Å². The fraction of sp³-hybridized carbons (Fsp3) is 0.455. The van der Waals surface area contributed by atoms with Crippen molar-refractivity contribution in [3.8, 4) is 0 Å². The molecule has 0 unspecified atom stereocenters. The van der Waals surface area contributed by atoms with Crippen molar-refractivity contribution in [2.75, 3.05) is 25.1 Å². The van der Waals surface area contributed by atoms with Crippen molar-refractivity contribution >= 4 is 11.6 Å². The van der Waals surface area contributed by atoms with Crippen molar-refractivity contribution in [3.05, 3.63) is 24.4 Å². The van der Waals surface area contributed by atoms with Gasteiger partial charge in [-0.05, 0) is 25.5 Å². The van der Waals surface area contributed by atoms with E-state index in [2.05, 4.69) is 15.4 Å². The SMILES string of the molecule is CCOCCCNc1nc2ccccn2n1. The minimum atomic E-state index is 0.669. The molecule has 16 heavy (non-hydrogen) atoms. The molecule has 5 nitrogen and oxygen atoms in total. The first-order valence-electron chi connectivity index (χ1n) is 5.53. The van der Waals surface area contributed by atoms with Gasteiger partial charge in [0.15, 0.2) is 5.65 Å². The number of aromatic nitrogens is 3. The summed E-state index contributed by atoms with van der Waals surface area (Å²) in [5, 5.41) is 7.45. The smallest absolute Gasteiger partial charge is 0.243 e. The van der Waals surface area contributed by atoms with Crippen molar-refractivity contribution < 1.29 is 4.74 Å². The van der Waals surface area contributed by atoms with Crippen molar-refractivity contribution in [3.63, 3.8) is 0 Å². The molecule has 86 valence electrons. The molecule has 0 aliphatic carbocycles. The van der Waals surface area contributed by atoms with Gasteiger partial charge < -0.3 is 10.1 Å². The summed E-state index contributed by atoms with van der Waals surface area (Å²) in [5.74, 6) is 0.669. The molecule has 2 rings (SSSR count). The van der Waals surface area contributed by atoms with E-state index in [0.29, 0.717) is 5.95 Å². The van der Waals surface area contributed by atoms with E-state index >= 15 is 0 Å². The molecule has 0 saturated carbocycles. The van der Waals surface area contributed by atoms with E-state index < -0.39 is 0 Å². The summed E-state index contributed by atoms with van der Waals surface area (Å²) in [6, 6.07) is 5.81. The van der Waals surface area contributed by atoms with Gasteiger partial charge >= 0.3 is 0 Å². The lowest BCUT2D eigenvalue weighted by atomic mass is 10.4. The standard InChI is InChI=1S/C11H16N4O/c1-2-16-9-5-7-12-11-13-10-6-3-4-8-15(10)14-11/h3-4,6,8H,2,5,7,9H2,1H3,(H,12,14). The highest BCUT2D eigenvalue weighted by Gasteiger charge is 2.00. The molecule has 2 aromatic heterocycles. The van der Waals surface area contributed by atoms with Crippen LogP contribution in [0.5, 0.6) is 0 Å². The molecule has 0 atom stereocenters. The van der Waals surface area contributed by atoms with Crippen LogP contribution in [0, 0.1) is 0 Å². The first-order valence-corrected chi connectivity index (χ1v) is 5.53. The van der Waals surface area contributed by atoms with Crippen LogP contribution in [0.25, 0.3) is 5.65 Å². The molecule has 0 bridgehead atoms. The number of hydrogen-bond acceptors (Lipinski definition) is 4. The maximum atomic E-state index is 5.24. The molecule has 0 radical (unpaired) electrons. The molecule has 2 aromatic rings. The molecular weight excluding hydrogens is 204 g/mol. The Morgan fingerprint density at radius 1 is 1.44 bits per heavy atom. The predicted molar refractivity (Wildman–Crippen MR) is 62.6 cm³/mol. The molecule has 5 heteroatoms. The quantitative estimate of drug-likeness (QED) is 0.751. The van der Waals surface area contributed by atoms with E-state index in [4.69, 9.17) is 4.74 Å². The minimum absolute atomic E-state index is 0.669. The Morgan fingerprint density at radius 2 is 2.38 bits per heavy atom. The molecule has 0 aromatic carbocycles. The van der Waals surface area contributed by atoms with Crippen LogP contribution in [0.4, 0.5) is 5.95 Å². The van der Waals surface area contributed by atoms with Crippen molar-refractivity contribution in [2.45, 2.75) is 13.3 Å². The lowest BCUT2D eigenvalue weighted by Gasteiger charge is -2.01. The van der Waals surface area contributed by atoms with Crippen LogP contribution in [-0.2, 0) is 4.74 Å². The zero-order valence-corrected chi connectivity index (χ0v) is 9.39. The van der Waals surface area contributed by atoms with Crippen LogP contribution < -0.4 is 5.32 Å². The summed E-state index contributed by atoms with van der Waals surface area (Å²) in [5.41, 5.74) is 0.856. The topological polar surface area (TPSA) is 51.5 Å². The van der Waals surface area contributed by atoms with Gasteiger partial charge in [0.2, 0.25) is 5.95 Å². The van der Waals surface area contributed by atoms with Gasteiger partial charge in [-0.3, -0.25) is 0 Å². The first-order chi connectivity index (χ1) is 7.90. The van der Waals surface area contributed by atoms with Crippen molar-refractivity contribution in [1.82, 2.24) is 14.6 Å². The van der Waals surface area contributed by atoms with Crippen LogP contribution in [-0.4, -0.2) is 34.4 Å². The highest BCUT2D eigenvalue weighted by molar-refractivity contribution is 5.42. The highest BCUT2D eigenvalue weighted by Crippen LogP contribution is 2.03. The normalized spacial score (nSPS) is 10.8. The number of hydrogen-bond donors (Lipinski definition) is 1. The van der Waals surface area contributed by atoms with Crippen LogP contribution >= 0.6 is 0 Å². The molecular formula is C11H16N4O. The Hall–Kier alpha value is -1.62. The lowest BCUT2D eigenvalue weighted by molar-refractivity contribution is 0.147. The summed E-state index contributed by atoms with van der Waals surface area (Å²) in [6.45, 7) is 4.37. The number of anilines is 1. The first kappa shape index (κ1) is 10.9. The molecule has 0 amide bonds. The number of nitrogens with one attached hydrogen (secondary N) is 1. The second-order valence-corrected chi connectivity index (χ2v) is 3.42. The molecule has 0 fully saturated rings. The van der Waals surface area contributed by atoms with Crippen molar-refractivity contribution in [1.29, 1.82) is 0 Å². The molecule has 0 aliphatic heterocycles. The third-order valence-electron chi connectivity index (χ3n) is 2.19. The summed E-state index contributed by atoms with van der Waals surface area (Å²) in [4.78, 5) is 4.33. The van der Waals surface area contributed by atoms with E-state index in [1.807, 2.05) is 31.3 Å². The van der Waals surface area contributed by atoms with Gasteiger partial charge in [0.1, 0.15) is 0 Å². The van der Waals surface area contributed by atoms with E-state index in [9.17, 15) is 0 Å². The average Bonchev–Trinajstić information content (AvgIpc) is 2.71. The van der Waals surface area contributed by atoms with Crippen LogP contribution in [0.2, 0.25) is 0 Å². The van der Waals surface area contributed by atoms with Crippen LogP contribution in [0.15, 0.2) is 24.4 Å². The van der Waals surface area contributed by atoms with Gasteiger partial charge in [-0.25, -0.2) is 4.52 Å². The Morgan fingerprint density at radius 3 is 3.19 bits per heavy atom. The molecule has 2 heterocycles. The van der Waals surface area contributed by atoms with E-state index in [1.165, 1.54) is 0 Å². The summed E-state index contributed by atoms with van der Waals surface area (Å²) < 4.78 is 7.00. The number of rotatable bonds is 6. The summed E-state index contributed by atoms with van der Waals surface area (Å²) >= 11 is 0. The largest absolute Gasteiger partial charge is 0.382 e. The molecule has 0 spiro atoms. The Bertz CT molecular complexity index is 407.